The quantitative estimate of drug-likeness (QED) is 0.548. The van der Waals surface area contributed by atoms with Gasteiger partial charge in [0.05, 0.1) is 36.7 Å². The molecule has 2 N–H and O–H groups in total. The second-order valence-electron chi connectivity index (χ2n) is 9.48. The van der Waals surface area contributed by atoms with Crippen LogP contribution in [0.25, 0.3) is 0 Å². The highest BCUT2D eigenvalue weighted by Crippen LogP contribution is 2.43. The number of aryl methyl sites for hydroxylation is 4. The molecule has 174 valence electrons. The number of nitrogens with zero attached hydrogens (tertiary/aromatic N) is 3. The third kappa shape index (κ3) is 5.01. The first-order chi connectivity index (χ1) is 15.9. The van der Waals surface area contributed by atoms with E-state index >= 15 is 0 Å². The van der Waals surface area contributed by atoms with Crippen LogP contribution >= 0.6 is 0 Å². The van der Waals surface area contributed by atoms with Gasteiger partial charge in [-0.05, 0) is 85.9 Å². The van der Waals surface area contributed by atoms with Gasteiger partial charge in [-0.2, -0.15) is 0 Å². The summed E-state index contributed by atoms with van der Waals surface area (Å²) in [5.41, 5.74) is 9.82. The first-order valence-electron chi connectivity index (χ1n) is 11.9. The van der Waals surface area contributed by atoms with Gasteiger partial charge in [0.1, 0.15) is 0 Å². The molecule has 2 aromatic heterocycles. The molecule has 33 heavy (non-hydrogen) atoms. The average molecular weight is 446 g/mol. The average Bonchev–Trinajstić information content (AvgIpc) is 2.80. The van der Waals surface area contributed by atoms with Crippen LogP contribution in [-0.4, -0.2) is 25.1 Å². The molecular formula is C28H35N3O2. The van der Waals surface area contributed by atoms with Gasteiger partial charge < -0.3 is 10.2 Å². The Bertz CT molecular complexity index is 1070. The van der Waals surface area contributed by atoms with E-state index in [1.807, 2.05) is 30.6 Å². The standard InChI is InChI=1S/C28H35N3O2/c1-18-10-20(3)27(29-13-18)25-6-5-7-26(28-21(4)11-19(2)14-30-28)31(25)15-23-9-8-22(16-32)12-24(23)17-33/h8-14,25-26,32-33H,5-7,15-17H2,1-4H3/t25-,26+. The SMILES string of the molecule is Cc1cnc([C@H]2CCC[C@@H](c3ncc(C)cc3C)N2Cc2ccc(CO)cc2CO)c(C)c1. The molecule has 0 spiro atoms. The van der Waals surface area contributed by atoms with E-state index in [2.05, 4.69) is 44.7 Å². The molecule has 3 heterocycles. The van der Waals surface area contributed by atoms with E-state index in [-0.39, 0.29) is 25.3 Å². The molecule has 2 atom stereocenters. The smallest absolute Gasteiger partial charge is 0.0685 e. The Morgan fingerprint density at radius 1 is 0.788 bits per heavy atom. The van der Waals surface area contributed by atoms with E-state index in [1.165, 1.54) is 22.3 Å². The third-order valence-electron chi connectivity index (χ3n) is 6.87. The lowest BCUT2D eigenvalue weighted by Gasteiger charge is -2.43. The van der Waals surface area contributed by atoms with Crippen molar-refractivity contribution >= 4 is 0 Å². The first-order valence-corrected chi connectivity index (χ1v) is 11.9. The van der Waals surface area contributed by atoms with Crippen molar-refractivity contribution in [2.75, 3.05) is 0 Å². The number of aliphatic hydroxyl groups excluding tert-OH is 2. The number of likely N-dealkylation sites (tertiary alicyclic amines) is 1. The van der Waals surface area contributed by atoms with Gasteiger partial charge in [0, 0.05) is 18.9 Å². The molecule has 1 fully saturated rings. The maximum absolute atomic E-state index is 10.1. The molecule has 0 aliphatic carbocycles. The predicted molar refractivity (Wildman–Crippen MR) is 131 cm³/mol. The summed E-state index contributed by atoms with van der Waals surface area (Å²) in [5.74, 6) is 0. The molecule has 5 nitrogen and oxygen atoms in total. The number of aromatic nitrogens is 2. The van der Waals surface area contributed by atoms with E-state index in [0.29, 0.717) is 6.54 Å². The molecule has 0 unspecified atom stereocenters. The fourth-order valence-corrected chi connectivity index (χ4v) is 5.29. The Kier molecular flexibility index (Phi) is 7.23. The molecule has 1 aliphatic heterocycles. The fraction of sp³-hybridized carbons (Fsp3) is 0.429. The third-order valence-corrected chi connectivity index (χ3v) is 6.87. The fourth-order valence-electron chi connectivity index (χ4n) is 5.29. The summed E-state index contributed by atoms with van der Waals surface area (Å²) in [7, 11) is 0. The van der Waals surface area contributed by atoms with Crippen LogP contribution < -0.4 is 0 Å². The van der Waals surface area contributed by atoms with Gasteiger partial charge in [0.2, 0.25) is 0 Å². The summed E-state index contributed by atoms with van der Waals surface area (Å²) < 4.78 is 0. The van der Waals surface area contributed by atoms with Crippen molar-refractivity contribution in [3.05, 3.63) is 93.1 Å². The van der Waals surface area contributed by atoms with Gasteiger partial charge in [-0.3, -0.25) is 14.9 Å². The minimum absolute atomic E-state index is 0.0266. The molecule has 0 saturated carbocycles. The van der Waals surface area contributed by atoms with Crippen molar-refractivity contribution in [1.82, 2.24) is 14.9 Å². The zero-order valence-electron chi connectivity index (χ0n) is 20.2. The van der Waals surface area contributed by atoms with E-state index in [1.54, 1.807) is 0 Å². The molecule has 3 aromatic rings. The second-order valence-corrected chi connectivity index (χ2v) is 9.48. The lowest BCUT2D eigenvalue weighted by molar-refractivity contribution is 0.0671. The van der Waals surface area contributed by atoms with Gasteiger partial charge in [-0.25, -0.2) is 0 Å². The summed E-state index contributed by atoms with van der Waals surface area (Å²) in [4.78, 5) is 12.3. The minimum atomic E-state index is -0.0457. The van der Waals surface area contributed by atoms with E-state index in [9.17, 15) is 10.2 Å². The van der Waals surface area contributed by atoms with Crippen molar-refractivity contribution in [3.8, 4) is 0 Å². The van der Waals surface area contributed by atoms with Crippen LogP contribution in [0.2, 0.25) is 0 Å². The second kappa shape index (κ2) is 10.1. The van der Waals surface area contributed by atoms with Crippen molar-refractivity contribution in [2.45, 2.75) is 78.8 Å². The molecule has 1 aromatic carbocycles. The van der Waals surface area contributed by atoms with Crippen molar-refractivity contribution in [1.29, 1.82) is 0 Å². The van der Waals surface area contributed by atoms with Crippen molar-refractivity contribution in [3.63, 3.8) is 0 Å². The Balaban J connectivity index is 1.79. The Morgan fingerprint density at radius 3 is 1.85 bits per heavy atom. The number of pyridine rings is 2. The minimum Gasteiger partial charge on any atom is -0.392 e. The highest BCUT2D eigenvalue weighted by molar-refractivity contribution is 5.34. The molecule has 1 saturated heterocycles. The van der Waals surface area contributed by atoms with Crippen LogP contribution in [0.5, 0.6) is 0 Å². The van der Waals surface area contributed by atoms with Gasteiger partial charge >= 0.3 is 0 Å². The number of hydrogen-bond donors (Lipinski definition) is 2. The Hall–Kier alpha value is -2.60. The van der Waals surface area contributed by atoms with Crippen molar-refractivity contribution < 1.29 is 10.2 Å². The van der Waals surface area contributed by atoms with Crippen LogP contribution in [0.15, 0.2) is 42.7 Å². The molecule has 5 heteroatoms. The number of aliphatic hydroxyl groups is 2. The van der Waals surface area contributed by atoms with Crippen LogP contribution in [0, 0.1) is 27.7 Å². The highest BCUT2D eigenvalue weighted by Gasteiger charge is 2.35. The van der Waals surface area contributed by atoms with Gasteiger partial charge in [-0.15, -0.1) is 0 Å². The molecule has 0 bridgehead atoms. The number of piperidine rings is 1. The van der Waals surface area contributed by atoms with Crippen LogP contribution in [0.3, 0.4) is 0 Å². The van der Waals surface area contributed by atoms with Gasteiger partial charge in [0.25, 0.3) is 0 Å². The monoisotopic (exact) mass is 445 g/mol. The maximum Gasteiger partial charge on any atom is 0.0685 e. The molecule has 0 radical (unpaired) electrons. The maximum atomic E-state index is 10.1. The largest absolute Gasteiger partial charge is 0.392 e. The zero-order valence-corrected chi connectivity index (χ0v) is 20.2. The number of benzene rings is 1. The van der Waals surface area contributed by atoms with Crippen LogP contribution in [0.1, 0.15) is 81.7 Å². The number of rotatable bonds is 6. The zero-order chi connectivity index (χ0) is 23.5. The van der Waals surface area contributed by atoms with Crippen molar-refractivity contribution in [2.24, 2.45) is 0 Å². The Labute approximate surface area is 197 Å². The summed E-state index contributed by atoms with van der Waals surface area (Å²) >= 11 is 0. The summed E-state index contributed by atoms with van der Waals surface area (Å²) in [5, 5.41) is 19.6. The predicted octanol–water partition coefficient (Wildman–Crippen LogP) is 5.16. The van der Waals surface area contributed by atoms with E-state index in [0.717, 1.165) is 47.3 Å². The van der Waals surface area contributed by atoms with E-state index in [4.69, 9.17) is 9.97 Å². The summed E-state index contributed by atoms with van der Waals surface area (Å²) in [6, 6.07) is 10.7. The van der Waals surface area contributed by atoms with E-state index < -0.39 is 0 Å². The highest BCUT2D eigenvalue weighted by atomic mass is 16.3. The molecular weight excluding hydrogens is 410 g/mol. The summed E-state index contributed by atoms with van der Waals surface area (Å²) in [6.07, 6.45) is 7.14. The molecule has 1 aliphatic rings. The number of hydrogen-bond acceptors (Lipinski definition) is 5. The molecule has 0 amide bonds. The van der Waals surface area contributed by atoms with Gasteiger partial charge in [0.15, 0.2) is 0 Å². The lowest BCUT2D eigenvalue weighted by atomic mass is 9.87. The topological polar surface area (TPSA) is 69.5 Å². The Morgan fingerprint density at radius 2 is 1.36 bits per heavy atom. The van der Waals surface area contributed by atoms with Crippen LogP contribution in [0.4, 0.5) is 0 Å². The first kappa shape index (κ1) is 23.6. The lowest BCUT2D eigenvalue weighted by Crippen LogP contribution is -2.37. The van der Waals surface area contributed by atoms with Crippen LogP contribution in [-0.2, 0) is 19.8 Å². The van der Waals surface area contributed by atoms with Gasteiger partial charge in [-0.1, -0.05) is 30.3 Å². The summed E-state index contributed by atoms with van der Waals surface area (Å²) in [6.45, 7) is 9.10. The molecule has 4 rings (SSSR count). The normalized spacial score (nSPS) is 19.1.